The molecule has 0 aliphatic carbocycles. The third-order valence-corrected chi connectivity index (χ3v) is 2.03. The third-order valence-electron chi connectivity index (χ3n) is 2.03. The summed E-state index contributed by atoms with van der Waals surface area (Å²) >= 11 is 0. The first-order valence-corrected chi connectivity index (χ1v) is 5.16. The van der Waals surface area contributed by atoms with Crippen LogP contribution in [0.1, 0.15) is 5.56 Å². The largest absolute Gasteiger partial charge is 0.484 e. The number of amides is 1. The number of benzene rings is 1. The number of para-hydroxylation sites is 1. The lowest BCUT2D eigenvalue weighted by molar-refractivity contribution is -0.153. The van der Waals surface area contributed by atoms with Gasteiger partial charge in [-0.25, -0.2) is 0 Å². The SMILES string of the molecule is Cl.NCC(=O)NCc1ccccc1OCC(F)(F)F. The molecule has 0 saturated carbocycles. The molecule has 3 N–H and O–H groups in total. The highest BCUT2D eigenvalue weighted by Gasteiger charge is 2.28. The van der Waals surface area contributed by atoms with E-state index in [1.165, 1.54) is 6.07 Å². The predicted octanol–water partition coefficient (Wildman–Crippen LogP) is 1.62. The van der Waals surface area contributed by atoms with Crippen LogP contribution in [0.2, 0.25) is 0 Å². The van der Waals surface area contributed by atoms with E-state index in [0.717, 1.165) is 0 Å². The molecule has 1 amide bonds. The van der Waals surface area contributed by atoms with Crippen LogP contribution in [0.3, 0.4) is 0 Å². The molecule has 0 radical (unpaired) electrons. The molecule has 1 aromatic carbocycles. The lowest BCUT2D eigenvalue weighted by Crippen LogP contribution is -2.30. The lowest BCUT2D eigenvalue weighted by atomic mass is 10.2. The van der Waals surface area contributed by atoms with E-state index in [1.54, 1.807) is 18.2 Å². The Kier molecular flexibility index (Phi) is 7.25. The van der Waals surface area contributed by atoms with Gasteiger partial charge < -0.3 is 15.8 Å². The molecule has 0 aliphatic rings. The van der Waals surface area contributed by atoms with Crippen molar-refractivity contribution in [3.63, 3.8) is 0 Å². The lowest BCUT2D eigenvalue weighted by Gasteiger charge is -2.13. The van der Waals surface area contributed by atoms with Crippen LogP contribution in [0.5, 0.6) is 5.75 Å². The van der Waals surface area contributed by atoms with Crippen LogP contribution >= 0.6 is 12.4 Å². The molecule has 0 bridgehead atoms. The minimum absolute atomic E-state index is 0. The first-order chi connectivity index (χ1) is 8.42. The van der Waals surface area contributed by atoms with Gasteiger partial charge >= 0.3 is 6.18 Å². The molecule has 0 spiro atoms. The second-order valence-corrected chi connectivity index (χ2v) is 3.49. The molecule has 0 aromatic heterocycles. The van der Waals surface area contributed by atoms with Crippen molar-refractivity contribution in [1.82, 2.24) is 5.32 Å². The van der Waals surface area contributed by atoms with Gasteiger partial charge in [-0.1, -0.05) is 18.2 Å². The second-order valence-electron chi connectivity index (χ2n) is 3.49. The van der Waals surface area contributed by atoms with E-state index in [0.29, 0.717) is 5.56 Å². The first kappa shape index (κ1) is 17.5. The maximum atomic E-state index is 12.0. The summed E-state index contributed by atoms with van der Waals surface area (Å²) in [5, 5.41) is 2.46. The molecular weight excluding hydrogens is 285 g/mol. The number of alkyl halides is 3. The Bertz CT molecular complexity index is 413. The number of nitrogens with two attached hydrogens (primary N) is 1. The van der Waals surface area contributed by atoms with Crippen molar-refractivity contribution in [3.8, 4) is 5.75 Å². The van der Waals surface area contributed by atoms with Crippen LogP contribution in [0.25, 0.3) is 0 Å². The van der Waals surface area contributed by atoms with Gasteiger partial charge in [-0.15, -0.1) is 12.4 Å². The maximum Gasteiger partial charge on any atom is 0.422 e. The summed E-state index contributed by atoms with van der Waals surface area (Å²) in [5.41, 5.74) is 5.56. The highest BCUT2D eigenvalue weighted by Crippen LogP contribution is 2.21. The van der Waals surface area contributed by atoms with E-state index < -0.39 is 12.8 Å². The van der Waals surface area contributed by atoms with Gasteiger partial charge in [0.05, 0.1) is 6.54 Å². The van der Waals surface area contributed by atoms with Crippen molar-refractivity contribution >= 4 is 18.3 Å². The van der Waals surface area contributed by atoms with Crippen LogP contribution < -0.4 is 15.8 Å². The number of carbonyl (C=O) groups is 1. The predicted molar refractivity (Wildman–Crippen MR) is 66.1 cm³/mol. The summed E-state index contributed by atoms with van der Waals surface area (Å²) < 4.78 is 40.8. The summed E-state index contributed by atoms with van der Waals surface area (Å²) in [5.74, 6) is -0.298. The highest BCUT2D eigenvalue weighted by atomic mass is 35.5. The summed E-state index contributed by atoms with van der Waals surface area (Å²) in [6, 6.07) is 6.18. The number of carbonyl (C=O) groups excluding carboxylic acids is 1. The van der Waals surface area contributed by atoms with Crippen molar-refractivity contribution < 1.29 is 22.7 Å². The van der Waals surface area contributed by atoms with Gasteiger partial charge in [0.1, 0.15) is 5.75 Å². The van der Waals surface area contributed by atoms with Gasteiger partial charge in [-0.05, 0) is 6.07 Å². The van der Waals surface area contributed by atoms with E-state index in [2.05, 4.69) is 10.1 Å². The molecule has 0 aliphatic heterocycles. The fraction of sp³-hybridized carbons (Fsp3) is 0.364. The first-order valence-electron chi connectivity index (χ1n) is 5.16. The molecule has 8 heteroatoms. The van der Waals surface area contributed by atoms with Gasteiger partial charge in [0, 0.05) is 12.1 Å². The normalized spacial score (nSPS) is 10.5. The molecule has 1 rings (SSSR count). The van der Waals surface area contributed by atoms with E-state index in [9.17, 15) is 18.0 Å². The third kappa shape index (κ3) is 6.88. The molecule has 0 fully saturated rings. The maximum absolute atomic E-state index is 12.0. The van der Waals surface area contributed by atoms with Gasteiger partial charge in [-0.2, -0.15) is 13.2 Å². The van der Waals surface area contributed by atoms with Gasteiger partial charge in [0.25, 0.3) is 0 Å². The summed E-state index contributed by atoms with van der Waals surface area (Å²) in [6.07, 6.45) is -4.40. The van der Waals surface area contributed by atoms with E-state index in [4.69, 9.17) is 5.73 Å². The van der Waals surface area contributed by atoms with Crippen LogP contribution in [-0.4, -0.2) is 25.2 Å². The number of rotatable bonds is 5. The average Bonchev–Trinajstić information content (AvgIpc) is 2.33. The molecule has 0 atom stereocenters. The zero-order valence-electron chi connectivity index (χ0n) is 9.87. The van der Waals surface area contributed by atoms with Crippen LogP contribution in [-0.2, 0) is 11.3 Å². The van der Waals surface area contributed by atoms with Crippen molar-refractivity contribution in [2.45, 2.75) is 12.7 Å². The smallest absolute Gasteiger partial charge is 0.422 e. The molecule has 19 heavy (non-hydrogen) atoms. The molecule has 0 heterocycles. The Labute approximate surface area is 114 Å². The zero-order chi connectivity index (χ0) is 13.6. The molecule has 4 nitrogen and oxygen atoms in total. The van der Waals surface area contributed by atoms with Gasteiger partial charge in [0.15, 0.2) is 6.61 Å². The zero-order valence-corrected chi connectivity index (χ0v) is 10.7. The Morgan fingerprint density at radius 1 is 1.32 bits per heavy atom. The number of ether oxygens (including phenoxy) is 1. The minimum atomic E-state index is -4.40. The van der Waals surface area contributed by atoms with Gasteiger partial charge in [-0.3, -0.25) is 4.79 Å². The average molecular weight is 299 g/mol. The standard InChI is InChI=1S/C11H13F3N2O2.ClH/c12-11(13,14)7-18-9-4-2-1-3-8(9)6-16-10(17)5-15;/h1-4H,5-7,15H2,(H,16,17);1H. The fourth-order valence-corrected chi connectivity index (χ4v) is 1.22. The molecule has 1 aromatic rings. The Hall–Kier alpha value is -1.47. The van der Waals surface area contributed by atoms with Crippen molar-refractivity contribution in [2.24, 2.45) is 5.73 Å². The summed E-state index contributed by atoms with van der Waals surface area (Å²) in [4.78, 5) is 11.0. The topological polar surface area (TPSA) is 64.4 Å². The number of nitrogens with one attached hydrogen (secondary N) is 1. The highest BCUT2D eigenvalue weighted by molar-refractivity contribution is 5.85. The minimum Gasteiger partial charge on any atom is -0.484 e. The summed E-state index contributed by atoms with van der Waals surface area (Å²) in [6.45, 7) is -1.47. The van der Waals surface area contributed by atoms with Crippen molar-refractivity contribution in [2.75, 3.05) is 13.2 Å². The Morgan fingerprint density at radius 3 is 2.53 bits per heavy atom. The van der Waals surface area contributed by atoms with Crippen LogP contribution in [0, 0.1) is 0 Å². The van der Waals surface area contributed by atoms with Crippen LogP contribution in [0.4, 0.5) is 13.2 Å². The van der Waals surface area contributed by atoms with Gasteiger partial charge in [0.2, 0.25) is 5.91 Å². The van der Waals surface area contributed by atoms with Crippen molar-refractivity contribution in [1.29, 1.82) is 0 Å². The molecule has 0 unspecified atom stereocenters. The molecule has 108 valence electrons. The van der Waals surface area contributed by atoms with E-state index in [1.807, 2.05) is 0 Å². The Morgan fingerprint density at radius 2 is 1.95 bits per heavy atom. The monoisotopic (exact) mass is 298 g/mol. The van der Waals surface area contributed by atoms with E-state index >= 15 is 0 Å². The number of hydrogen-bond acceptors (Lipinski definition) is 3. The Balaban J connectivity index is 0.00000324. The van der Waals surface area contributed by atoms with Crippen molar-refractivity contribution in [3.05, 3.63) is 29.8 Å². The van der Waals surface area contributed by atoms with E-state index in [-0.39, 0.29) is 37.2 Å². The molecule has 0 saturated heterocycles. The quantitative estimate of drug-likeness (QED) is 0.868. The second kappa shape index (κ2) is 7.85. The number of hydrogen-bond donors (Lipinski definition) is 2. The summed E-state index contributed by atoms with van der Waals surface area (Å²) in [7, 11) is 0. The fourth-order valence-electron chi connectivity index (χ4n) is 1.22. The molecular formula is C11H14ClF3N2O2. The van der Waals surface area contributed by atoms with Crippen LogP contribution in [0.15, 0.2) is 24.3 Å². The number of halogens is 4.